The van der Waals surface area contributed by atoms with Crippen LogP contribution in [-0.4, -0.2) is 25.1 Å². The first-order chi connectivity index (χ1) is 10.3. The Morgan fingerprint density at radius 2 is 2.10 bits per heavy atom. The minimum Gasteiger partial charge on any atom is -0.494 e. The van der Waals surface area contributed by atoms with E-state index in [2.05, 4.69) is 6.92 Å². The highest BCUT2D eigenvalue weighted by Crippen LogP contribution is 2.19. The second-order valence-corrected chi connectivity index (χ2v) is 5.68. The molecule has 0 saturated carbocycles. The number of hydrogen-bond donors (Lipinski definition) is 0. The third kappa shape index (κ3) is 5.50. The fourth-order valence-corrected chi connectivity index (χ4v) is 2.58. The molecule has 116 valence electrons. The SMILES string of the molecule is CCCCOc1ccc(C(=O)CCCC2CCCO2)cc1. The molecule has 0 bridgehead atoms. The molecule has 0 amide bonds. The molecular weight excluding hydrogens is 264 g/mol. The molecule has 0 spiro atoms. The fraction of sp³-hybridized carbons (Fsp3) is 0.611. The van der Waals surface area contributed by atoms with E-state index in [-0.39, 0.29) is 5.78 Å². The summed E-state index contributed by atoms with van der Waals surface area (Å²) in [5.41, 5.74) is 0.783. The highest BCUT2D eigenvalue weighted by Gasteiger charge is 2.15. The lowest BCUT2D eigenvalue weighted by Crippen LogP contribution is -2.06. The zero-order valence-electron chi connectivity index (χ0n) is 13.0. The standard InChI is InChI=1S/C18H26O3/c1-2-3-13-20-17-11-9-15(10-12-17)18(19)8-4-6-16-7-5-14-21-16/h9-12,16H,2-8,13-14H2,1H3. The molecule has 2 rings (SSSR count). The summed E-state index contributed by atoms with van der Waals surface area (Å²) in [6.07, 6.45) is 7.41. The summed E-state index contributed by atoms with van der Waals surface area (Å²) in [4.78, 5) is 12.1. The van der Waals surface area contributed by atoms with Crippen molar-refractivity contribution in [1.82, 2.24) is 0 Å². The molecule has 3 heteroatoms. The quantitative estimate of drug-likeness (QED) is 0.499. The third-order valence-electron chi connectivity index (χ3n) is 3.90. The van der Waals surface area contributed by atoms with E-state index in [1.54, 1.807) is 0 Å². The van der Waals surface area contributed by atoms with Crippen LogP contribution in [0.5, 0.6) is 5.75 Å². The molecule has 1 unspecified atom stereocenters. The molecule has 1 aromatic rings. The maximum absolute atomic E-state index is 12.1. The number of carbonyl (C=O) groups is 1. The minimum absolute atomic E-state index is 0.216. The van der Waals surface area contributed by atoms with E-state index in [1.165, 1.54) is 0 Å². The van der Waals surface area contributed by atoms with Crippen molar-refractivity contribution < 1.29 is 14.3 Å². The van der Waals surface area contributed by atoms with E-state index in [0.717, 1.165) is 63.1 Å². The van der Waals surface area contributed by atoms with Gasteiger partial charge in [0.05, 0.1) is 12.7 Å². The molecule has 3 nitrogen and oxygen atoms in total. The molecule has 1 aliphatic rings. The van der Waals surface area contributed by atoms with Gasteiger partial charge in [0.1, 0.15) is 5.75 Å². The first kappa shape index (κ1) is 16.0. The van der Waals surface area contributed by atoms with Crippen molar-refractivity contribution in [2.24, 2.45) is 0 Å². The van der Waals surface area contributed by atoms with Gasteiger partial charge < -0.3 is 9.47 Å². The van der Waals surface area contributed by atoms with Gasteiger partial charge in [0.2, 0.25) is 0 Å². The molecule has 0 N–H and O–H groups in total. The maximum atomic E-state index is 12.1. The predicted molar refractivity (Wildman–Crippen MR) is 84.0 cm³/mol. The van der Waals surface area contributed by atoms with Gasteiger partial charge in [0.25, 0.3) is 0 Å². The fourth-order valence-electron chi connectivity index (χ4n) is 2.58. The van der Waals surface area contributed by atoms with Gasteiger partial charge in [-0.05, 0) is 56.4 Å². The zero-order valence-corrected chi connectivity index (χ0v) is 13.0. The van der Waals surface area contributed by atoms with Crippen LogP contribution in [0, 0.1) is 0 Å². The summed E-state index contributed by atoms with van der Waals surface area (Å²) in [7, 11) is 0. The summed E-state index contributed by atoms with van der Waals surface area (Å²) in [6, 6.07) is 7.53. The lowest BCUT2D eigenvalue weighted by molar-refractivity contribution is 0.0923. The average Bonchev–Trinajstić information content (AvgIpc) is 3.01. The van der Waals surface area contributed by atoms with Gasteiger partial charge in [-0.2, -0.15) is 0 Å². The highest BCUT2D eigenvalue weighted by atomic mass is 16.5. The third-order valence-corrected chi connectivity index (χ3v) is 3.90. The number of Topliss-reactive ketones (excluding diaryl/α,β-unsaturated/α-hetero) is 1. The minimum atomic E-state index is 0.216. The van der Waals surface area contributed by atoms with Gasteiger partial charge >= 0.3 is 0 Å². The topological polar surface area (TPSA) is 35.5 Å². The van der Waals surface area contributed by atoms with Crippen molar-refractivity contribution in [2.45, 2.75) is 58.0 Å². The van der Waals surface area contributed by atoms with Crippen molar-refractivity contribution in [3.63, 3.8) is 0 Å². The lowest BCUT2D eigenvalue weighted by Gasteiger charge is -2.09. The normalized spacial score (nSPS) is 17.9. The van der Waals surface area contributed by atoms with Gasteiger partial charge in [0.15, 0.2) is 5.78 Å². The largest absolute Gasteiger partial charge is 0.494 e. The number of ether oxygens (including phenoxy) is 2. The van der Waals surface area contributed by atoms with Crippen LogP contribution in [0.25, 0.3) is 0 Å². The van der Waals surface area contributed by atoms with Gasteiger partial charge in [-0.3, -0.25) is 4.79 Å². The molecule has 0 aliphatic carbocycles. The number of carbonyl (C=O) groups excluding carboxylic acids is 1. The molecule has 0 radical (unpaired) electrons. The Bertz CT molecular complexity index is 419. The summed E-state index contributed by atoms with van der Waals surface area (Å²) < 4.78 is 11.2. The maximum Gasteiger partial charge on any atom is 0.162 e. The Morgan fingerprint density at radius 1 is 1.29 bits per heavy atom. The average molecular weight is 290 g/mol. The van der Waals surface area contributed by atoms with E-state index in [1.807, 2.05) is 24.3 Å². The summed E-state index contributed by atoms with van der Waals surface area (Å²) in [5.74, 6) is 1.06. The van der Waals surface area contributed by atoms with E-state index in [0.29, 0.717) is 12.5 Å². The monoisotopic (exact) mass is 290 g/mol. The van der Waals surface area contributed by atoms with Crippen LogP contribution in [0.1, 0.15) is 62.2 Å². The summed E-state index contributed by atoms with van der Waals surface area (Å²) in [6.45, 7) is 3.77. The molecule has 1 fully saturated rings. The van der Waals surface area contributed by atoms with Crippen LogP contribution in [0.15, 0.2) is 24.3 Å². The number of hydrogen-bond acceptors (Lipinski definition) is 3. The van der Waals surface area contributed by atoms with Crippen LogP contribution in [0.2, 0.25) is 0 Å². The molecule has 1 atom stereocenters. The number of ketones is 1. The molecule has 0 aromatic heterocycles. The van der Waals surface area contributed by atoms with Crippen LogP contribution in [-0.2, 0) is 4.74 Å². The second-order valence-electron chi connectivity index (χ2n) is 5.68. The Hall–Kier alpha value is -1.35. The first-order valence-electron chi connectivity index (χ1n) is 8.17. The van der Waals surface area contributed by atoms with Crippen LogP contribution in [0.4, 0.5) is 0 Å². The summed E-state index contributed by atoms with van der Waals surface area (Å²) in [5, 5.41) is 0. The number of unbranched alkanes of at least 4 members (excludes halogenated alkanes) is 1. The molecular formula is C18H26O3. The van der Waals surface area contributed by atoms with Crippen molar-refractivity contribution in [1.29, 1.82) is 0 Å². The van der Waals surface area contributed by atoms with E-state index >= 15 is 0 Å². The van der Waals surface area contributed by atoms with E-state index < -0.39 is 0 Å². The lowest BCUT2D eigenvalue weighted by atomic mass is 10.0. The second kappa shape index (κ2) is 8.83. The predicted octanol–water partition coefficient (Wildman–Crippen LogP) is 4.40. The van der Waals surface area contributed by atoms with Gasteiger partial charge in [-0.1, -0.05) is 13.3 Å². The van der Waals surface area contributed by atoms with Gasteiger partial charge in [-0.25, -0.2) is 0 Å². The summed E-state index contributed by atoms with van der Waals surface area (Å²) >= 11 is 0. The van der Waals surface area contributed by atoms with Crippen LogP contribution < -0.4 is 4.74 Å². The van der Waals surface area contributed by atoms with Crippen molar-refractivity contribution in [2.75, 3.05) is 13.2 Å². The van der Waals surface area contributed by atoms with Crippen molar-refractivity contribution in [3.05, 3.63) is 29.8 Å². The van der Waals surface area contributed by atoms with Crippen molar-refractivity contribution >= 4 is 5.78 Å². The van der Waals surface area contributed by atoms with Crippen LogP contribution >= 0.6 is 0 Å². The molecule has 1 aromatic carbocycles. The van der Waals surface area contributed by atoms with Crippen molar-refractivity contribution in [3.8, 4) is 5.75 Å². The Labute approximate surface area is 127 Å². The molecule has 1 aliphatic heterocycles. The first-order valence-corrected chi connectivity index (χ1v) is 8.17. The highest BCUT2D eigenvalue weighted by molar-refractivity contribution is 5.96. The number of rotatable bonds is 9. The molecule has 21 heavy (non-hydrogen) atoms. The van der Waals surface area contributed by atoms with Crippen LogP contribution in [0.3, 0.4) is 0 Å². The van der Waals surface area contributed by atoms with Gasteiger partial charge in [0, 0.05) is 18.6 Å². The molecule has 1 saturated heterocycles. The Morgan fingerprint density at radius 3 is 2.76 bits per heavy atom. The molecule has 1 heterocycles. The zero-order chi connectivity index (χ0) is 14.9. The smallest absolute Gasteiger partial charge is 0.162 e. The Balaban J connectivity index is 1.71. The van der Waals surface area contributed by atoms with Gasteiger partial charge in [-0.15, -0.1) is 0 Å². The number of benzene rings is 1. The van der Waals surface area contributed by atoms with E-state index in [4.69, 9.17) is 9.47 Å². The van der Waals surface area contributed by atoms with E-state index in [9.17, 15) is 4.79 Å². The Kier molecular flexibility index (Phi) is 6.74.